The molecule has 1 fully saturated rings. The van der Waals surface area contributed by atoms with Gasteiger partial charge in [0.25, 0.3) is 5.91 Å². The van der Waals surface area contributed by atoms with Gasteiger partial charge in [-0.3, -0.25) is 14.7 Å². The predicted octanol–water partition coefficient (Wildman–Crippen LogP) is 5.10. The molecule has 0 spiro atoms. The number of nitrogens with one attached hydrogen (secondary N) is 1. The largest absolute Gasteiger partial charge is 0.416 e. The van der Waals surface area contributed by atoms with E-state index in [1.54, 1.807) is 6.20 Å². The predicted molar refractivity (Wildman–Crippen MR) is 130 cm³/mol. The second kappa shape index (κ2) is 11.4. The Hall–Kier alpha value is -3.39. The van der Waals surface area contributed by atoms with Gasteiger partial charge in [-0.25, -0.2) is 0 Å². The number of piperazine rings is 1. The zero-order chi connectivity index (χ0) is 24.7. The Bertz CT molecular complexity index is 1080. The lowest BCUT2D eigenvalue weighted by atomic mass is 10.1. The molecule has 2 heterocycles. The van der Waals surface area contributed by atoms with Gasteiger partial charge in [0, 0.05) is 62.9 Å². The van der Waals surface area contributed by atoms with Crippen LogP contribution in [-0.4, -0.2) is 53.4 Å². The van der Waals surface area contributed by atoms with Crippen molar-refractivity contribution >= 4 is 11.6 Å². The van der Waals surface area contributed by atoms with Crippen LogP contribution in [0.1, 0.15) is 33.5 Å². The number of pyridine rings is 1. The molecule has 0 atom stereocenters. The molecule has 35 heavy (non-hydrogen) atoms. The number of aryl methyl sites for hydroxylation is 1. The maximum Gasteiger partial charge on any atom is 0.416 e. The third-order valence-electron chi connectivity index (χ3n) is 6.17. The number of rotatable bonds is 8. The minimum absolute atomic E-state index is 0.00214. The van der Waals surface area contributed by atoms with Gasteiger partial charge in [0.15, 0.2) is 0 Å². The fourth-order valence-corrected chi connectivity index (χ4v) is 4.15. The van der Waals surface area contributed by atoms with E-state index in [2.05, 4.69) is 21.3 Å². The van der Waals surface area contributed by atoms with Gasteiger partial charge in [-0.05, 0) is 66.4 Å². The number of anilines is 1. The number of alkyl halides is 3. The molecule has 8 heteroatoms. The first-order valence-electron chi connectivity index (χ1n) is 11.8. The first-order valence-corrected chi connectivity index (χ1v) is 11.8. The van der Waals surface area contributed by atoms with E-state index in [0.29, 0.717) is 38.3 Å². The molecule has 1 saturated heterocycles. The molecular formula is C27H29F3N4O. The maximum absolute atomic E-state index is 12.9. The molecule has 2 aromatic carbocycles. The number of hydrogen-bond acceptors (Lipinski definition) is 4. The molecule has 0 bridgehead atoms. The molecule has 3 aromatic rings. The van der Waals surface area contributed by atoms with E-state index in [-0.39, 0.29) is 5.91 Å². The van der Waals surface area contributed by atoms with Crippen LogP contribution in [0.4, 0.5) is 18.9 Å². The highest BCUT2D eigenvalue weighted by molar-refractivity contribution is 5.94. The Morgan fingerprint density at radius 3 is 2.26 bits per heavy atom. The molecule has 1 amide bonds. The highest BCUT2D eigenvalue weighted by Gasteiger charge is 2.30. The van der Waals surface area contributed by atoms with Gasteiger partial charge in [-0.15, -0.1) is 0 Å². The Labute approximate surface area is 203 Å². The van der Waals surface area contributed by atoms with Crippen molar-refractivity contribution in [2.45, 2.75) is 25.6 Å². The lowest BCUT2D eigenvalue weighted by Gasteiger charge is -2.34. The van der Waals surface area contributed by atoms with Crippen molar-refractivity contribution in [1.82, 2.24) is 14.8 Å². The van der Waals surface area contributed by atoms with Crippen molar-refractivity contribution in [3.63, 3.8) is 0 Å². The van der Waals surface area contributed by atoms with E-state index >= 15 is 0 Å². The van der Waals surface area contributed by atoms with E-state index < -0.39 is 11.7 Å². The summed E-state index contributed by atoms with van der Waals surface area (Å²) in [6.45, 7) is 3.96. The van der Waals surface area contributed by atoms with Crippen molar-refractivity contribution in [3.05, 3.63) is 95.3 Å². The number of hydrogen-bond donors (Lipinski definition) is 1. The smallest absolute Gasteiger partial charge is 0.385 e. The fraction of sp³-hybridized carbons (Fsp3) is 0.333. The molecular weight excluding hydrogens is 453 g/mol. The van der Waals surface area contributed by atoms with Crippen LogP contribution in [0.2, 0.25) is 0 Å². The summed E-state index contributed by atoms with van der Waals surface area (Å²) in [5, 5.41) is 3.39. The topological polar surface area (TPSA) is 48.5 Å². The van der Waals surface area contributed by atoms with E-state index in [1.165, 1.54) is 17.7 Å². The number of aromatic nitrogens is 1. The van der Waals surface area contributed by atoms with Crippen molar-refractivity contribution in [3.8, 4) is 0 Å². The molecule has 1 aliphatic heterocycles. The number of carbonyl (C=O) groups excluding carboxylic acids is 1. The van der Waals surface area contributed by atoms with E-state index in [1.807, 2.05) is 41.4 Å². The molecule has 1 N–H and O–H groups in total. The minimum atomic E-state index is -4.32. The van der Waals surface area contributed by atoms with Crippen LogP contribution >= 0.6 is 0 Å². The van der Waals surface area contributed by atoms with Crippen molar-refractivity contribution in [2.75, 3.05) is 38.0 Å². The highest BCUT2D eigenvalue weighted by Crippen LogP contribution is 2.29. The molecule has 1 aromatic heterocycles. The van der Waals surface area contributed by atoms with Gasteiger partial charge >= 0.3 is 6.18 Å². The van der Waals surface area contributed by atoms with Crippen LogP contribution in [0.5, 0.6) is 0 Å². The minimum Gasteiger partial charge on any atom is -0.385 e. The second-order valence-corrected chi connectivity index (χ2v) is 8.73. The van der Waals surface area contributed by atoms with E-state index in [4.69, 9.17) is 0 Å². The van der Waals surface area contributed by atoms with Crippen LogP contribution in [0.25, 0.3) is 0 Å². The summed E-state index contributed by atoms with van der Waals surface area (Å²) in [5.41, 5.74) is 3.05. The Morgan fingerprint density at radius 1 is 0.914 bits per heavy atom. The summed E-state index contributed by atoms with van der Waals surface area (Å²) in [4.78, 5) is 21.0. The molecule has 4 rings (SSSR count). The van der Waals surface area contributed by atoms with Gasteiger partial charge in [-0.2, -0.15) is 13.2 Å². The molecule has 0 unspecified atom stereocenters. The van der Waals surface area contributed by atoms with Crippen LogP contribution < -0.4 is 5.32 Å². The Balaban J connectivity index is 1.20. The number of nitrogens with zero attached hydrogens (tertiary/aromatic N) is 3. The monoisotopic (exact) mass is 482 g/mol. The van der Waals surface area contributed by atoms with Crippen LogP contribution in [0.15, 0.2) is 73.1 Å². The maximum atomic E-state index is 12.9. The third-order valence-corrected chi connectivity index (χ3v) is 6.17. The average molecular weight is 483 g/mol. The van der Waals surface area contributed by atoms with Crippen molar-refractivity contribution in [2.24, 2.45) is 0 Å². The molecule has 0 radical (unpaired) electrons. The molecule has 184 valence electrons. The zero-order valence-electron chi connectivity index (χ0n) is 19.5. The van der Waals surface area contributed by atoms with E-state index in [9.17, 15) is 18.0 Å². The van der Waals surface area contributed by atoms with Gasteiger partial charge in [0.1, 0.15) is 0 Å². The van der Waals surface area contributed by atoms with Crippen molar-refractivity contribution < 1.29 is 18.0 Å². The van der Waals surface area contributed by atoms with Gasteiger partial charge in [-0.1, -0.05) is 18.2 Å². The standard InChI is InChI=1S/C27H29F3N4O/c28-27(29,30)24-9-5-22(6-10-24)20-33-15-17-34(18-16-33)26(35)23-7-11-25(12-8-23)32-14-2-4-21-3-1-13-31-19-21/h1,3,5-13,19,32H,2,4,14-18,20H2. The summed E-state index contributed by atoms with van der Waals surface area (Å²) in [6, 6.07) is 16.9. The quantitative estimate of drug-likeness (QED) is 0.454. The summed E-state index contributed by atoms with van der Waals surface area (Å²) < 4.78 is 38.2. The summed E-state index contributed by atoms with van der Waals surface area (Å²) in [6.07, 6.45) is 1.28. The SMILES string of the molecule is O=C(c1ccc(NCCCc2cccnc2)cc1)N1CCN(Cc2ccc(C(F)(F)F)cc2)CC1. The summed E-state index contributed by atoms with van der Waals surface area (Å²) >= 11 is 0. The normalized spacial score (nSPS) is 14.7. The van der Waals surface area contributed by atoms with Crippen LogP contribution in [-0.2, 0) is 19.1 Å². The molecule has 1 aliphatic rings. The molecule has 0 aliphatic carbocycles. The van der Waals surface area contributed by atoms with E-state index in [0.717, 1.165) is 42.8 Å². The second-order valence-electron chi connectivity index (χ2n) is 8.73. The lowest BCUT2D eigenvalue weighted by molar-refractivity contribution is -0.137. The van der Waals surface area contributed by atoms with Crippen LogP contribution in [0.3, 0.4) is 0 Å². The number of amides is 1. The van der Waals surface area contributed by atoms with Gasteiger partial charge < -0.3 is 10.2 Å². The Morgan fingerprint density at radius 2 is 1.63 bits per heavy atom. The van der Waals surface area contributed by atoms with Gasteiger partial charge in [0.05, 0.1) is 5.56 Å². The molecule has 0 saturated carbocycles. The third kappa shape index (κ3) is 7.05. The average Bonchev–Trinajstić information content (AvgIpc) is 2.87. The number of carbonyl (C=O) groups is 1. The molecule has 5 nitrogen and oxygen atoms in total. The first kappa shape index (κ1) is 24.7. The fourth-order valence-electron chi connectivity index (χ4n) is 4.15. The number of benzene rings is 2. The zero-order valence-corrected chi connectivity index (χ0v) is 19.5. The summed E-state index contributed by atoms with van der Waals surface area (Å²) in [7, 11) is 0. The summed E-state index contributed by atoms with van der Waals surface area (Å²) in [5.74, 6) is 0.00214. The number of halogens is 3. The van der Waals surface area contributed by atoms with Crippen molar-refractivity contribution in [1.29, 1.82) is 0 Å². The lowest BCUT2D eigenvalue weighted by Crippen LogP contribution is -2.48. The Kier molecular flexibility index (Phi) is 8.02. The van der Waals surface area contributed by atoms with Gasteiger partial charge in [0.2, 0.25) is 0 Å². The first-order chi connectivity index (χ1) is 16.9. The highest BCUT2D eigenvalue weighted by atomic mass is 19.4. The van der Waals surface area contributed by atoms with Crippen LogP contribution in [0, 0.1) is 0 Å².